The first kappa shape index (κ1) is 10.8. The molecule has 0 bridgehead atoms. The second-order valence-corrected chi connectivity index (χ2v) is 5.21. The van der Waals surface area contributed by atoms with E-state index in [1.54, 1.807) is 0 Å². The maximum absolute atomic E-state index is 11.7. The van der Waals surface area contributed by atoms with Gasteiger partial charge in [0.2, 0.25) is 5.91 Å². The lowest BCUT2D eigenvalue weighted by molar-refractivity contribution is -0.116. The quantitative estimate of drug-likeness (QED) is 0.885. The average Bonchev–Trinajstić information content (AvgIpc) is 2.97. The summed E-state index contributed by atoms with van der Waals surface area (Å²) in [5.41, 5.74) is 0.820. The Hall–Kier alpha value is -1.36. The number of carbonyl (C=O) groups is 1. The molecule has 0 aromatic carbocycles. The average molecular weight is 294 g/mol. The van der Waals surface area contributed by atoms with Crippen LogP contribution in [0.5, 0.6) is 0 Å². The molecule has 1 N–H and O–H groups in total. The highest BCUT2D eigenvalue weighted by Gasteiger charge is 2.24. The monoisotopic (exact) mass is 293 g/mol. The zero-order valence-corrected chi connectivity index (χ0v) is 10.8. The predicted octanol–water partition coefficient (Wildman–Crippen LogP) is 2.84. The van der Waals surface area contributed by atoms with Crippen molar-refractivity contribution in [2.75, 3.05) is 5.32 Å². The van der Waals surface area contributed by atoms with Crippen LogP contribution in [0.4, 0.5) is 5.82 Å². The first-order chi connectivity index (χ1) is 8.22. The largest absolute Gasteiger partial charge is 0.309 e. The lowest BCUT2D eigenvalue weighted by Crippen LogP contribution is -2.11. The number of hydrogen-bond acceptors (Lipinski definition) is 2. The molecule has 0 unspecified atom stereocenters. The number of halogens is 1. The Morgan fingerprint density at radius 2 is 2.35 bits per heavy atom. The molecule has 0 saturated heterocycles. The van der Waals surface area contributed by atoms with Crippen LogP contribution < -0.4 is 5.32 Å². The van der Waals surface area contributed by atoms with Gasteiger partial charge in [-0.15, -0.1) is 0 Å². The highest BCUT2D eigenvalue weighted by Crippen LogP contribution is 2.32. The van der Waals surface area contributed by atoms with Gasteiger partial charge in [-0.25, -0.2) is 4.98 Å². The van der Waals surface area contributed by atoms with E-state index in [0.29, 0.717) is 18.2 Å². The molecule has 3 rings (SSSR count). The highest BCUT2D eigenvalue weighted by atomic mass is 79.9. The molecule has 2 aromatic heterocycles. The molecule has 0 aliphatic heterocycles. The molecule has 1 amide bonds. The number of hydrogen-bond donors (Lipinski definition) is 1. The summed E-state index contributed by atoms with van der Waals surface area (Å²) in [7, 11) is 0. The van der Waals surface area contributed by atoms with Crippen LogP contribution in [0, 0.1) is 5.92 Å². The summed E-state index contributed by atoms with van der Waals surface area (Å²) >= 11 is 3.44. The van der Waals surface area contributed by atoms with Crippen LogP contribution in [0.1, 0.15) is 19.3 Å². The van der Waals surface area contributed by atoms with Crippen molar-refractivity contribution < 1.29 is 4.79 Å². The second kappa shape index (κ2) is 4.14. The molecule has 2 aromatic rings. The molecule has 1 fully saturated rings. The third-order valence-corrected chi connectivity index (χ3v) is 3.53. The number of amides is 1. The maximum Gasteiger partial charge on any atom is 0.225 e. The number of aromatic nitrogens is 2. The van der Waals surface area contributed by atoms with Crippen LogP contribution in [0.3, 0.4) is 0 Å². The fourth-order valence-electron chi connectivity index (χ4n) is 1.82. The number of nitrogens with one attached hydrogen (secondary N) is 1. The fraction of sp³-hybridized carbons (Fsp3) is 0.333. The molecule has 2 heterocycles. The van der Waals surface area contributed by atoms with Crippen LogP contribution in [0.25, 0.3) is 5.65 Å². The Morgan fingerprint density at radius 3 is 3.06 bits per heavy atom. The molecule has 4 nitrogen and oxygen atoms in total. The summed E-state index contributed by atoms with van der Waals surface area (Å²) in [6, 6.07) is 5.76. The molecule has 0 atom stereocenters. The van der Waals surface area contributed by atoms with Gasteiger partial charge in [-0.3, -0.25) is 9.20 Å². The Balaban J connectivity index is 1.80. The van der Waals surface area contributed by atoms with Gasteiger partial charge in [0.25, 0.3) is 0 Å². The lowest BCUT2D eigenvalue weighted by Gasteiger charge is -1.98. The van der Waals surface area contributed by atoms with Crippen LogP contribution in [-0.2, 0) is 4.79 Å². The molecule has 1 aliphatic rings. The molecule has 0 radical (unpaired) electrons. The van der Waals surface area contributed by atoms with Gasteiger partial charge in [0.15, 0.2) is 5.82 Å². The minimum atomic E-state index is 0.0621. The number of imidazole rings is 1. The van der Waals surface area contributed by atoms with Crippen molar-refractivity contribution >= 4 is 33.3 Å². The summed E-state index contributed by atoms with van der Waals surface area (Å²) in [5, 5.41) is 2.84. The van der Waals surface area contributed by atoms with E-state index in [2.05, 4.69) is 26.2 Å². The molecule has 17 heavy (non-hydrogen) atoms. The van der Waals surface area contributed by atoms with Crippen molar-refractivity contribution in [3.05, 3.63) is 29.0 Å². The zero-order valence-electron chi connectivity index (χ0n) is 9.19. The molecular formula is C12H12BrN3O. The van der Waals surface area contributed by atoms with E-state index >= 15 is 0 Å². The van der Waals surface area contributed by atoms with Gasteiger partial charge in [0.1, 0.15) is 5.65 Å². The summed E-state index contributed by atoms with van der Waals surface area (Å²) in [6.07, 6.45) is 4.81. The fourth-order valence-corrected chi connectivity index (χ4v) is 2.25. The maximum atomic E-state index is 11.7. The molecule has 1 saturated carbocycles. The third kappa shape index (κ3) is 2.34. The Bertz CT molecular complexity index is 574. The van der Waals surface area contributed by atoms with Crippen molar-refractivity contribution in [2.24, 2.45) is 5.92 Å². The summed E-state index contributed by atoms with van der Waals surface area (Å²) in [6.45, 7) is 0. The zero-order chi connectivity index (χ0) is 11.8. The van der Waals surface area contributed by atoms with E-state index in [1.165, 1.54) is 12.8 Å². The summed E-state index contributed by atoms with van der Waals surface area (Å²) < 4.78 is 2.82. The van der Waals surface area contributed by atoms with Crippen molar-refractivity contribution in [2.45, 2.75) is 19.3 Å². The minimum Gasteiger partial charge on any atom is -0.309 e. The standard InChI is InChI=1S/C12H12BrN3O/c13-9-2-1-3-11-14-10(7-16(9)11)15-12(17)6-8-4-5-8/h1-3,7-8H,4-6H2,(H,15,17). The first-order valence-corrected chi connectivity index (χ1v) is 6.45. The van der Waals surface area contributed by atoms with E-state index < -0.39 is 0 Å². The number of rotatable bonds is 3. The molecule has 0 spiro atoms. The number of fused-ring (bicyclic) bond motifs is 1. The van der Waals surface area contributed by atoms with Gasteiger partial charge in [0, 0.05) is 6.42 Å². The Morgan fingerprint density at radius 1 is 1.53 bits per heavy atom. The van der Waals surface area contributed by atoms with Crippen LogP contribution in [-0.4, -0.2) is 15.3 Å². The highest BCUT2D eigenvalue weighted by molar-refractivity contribution is 9.10. The van der Waals surface area contributed by atoms with E-state index in [0.717, 1.165) is 10.3 Å². The van der Waals surface area contributed by atoms with E-state index in [9.17, 15) is 4.79 Å². The van der Waals surface area contributed by atoms with E-state index in [-0.39, 0.29) is 5.91 Å². The van der Waals surface area contributed by atoms with Gasteiger partial charge < -0.3 is 5.32 Å². The van der Waals surface area contributed by atoms with Gasteiger partial charge in [-0.05, 0) is 46.8 Å². The van der Waals surface area contributed by atoms with Crippen molar-refractivity contribution in [3.63, 3.8) is 0 Å². The van der Waals surface area contributed by atoms with Gasteiger partial charge in [0.05, 0.1) is 10.8 Å². The lowest BCUT2D eigenvalue weighted by atomic mass is 10.3. The first-order valence-electron chi connectivity index (χ1n) is 5.66. The van der Waals surface area contributed by atoms with Gasteiger partial charge >= 0.3 is 0 Å². The van der Waals surface area contributed by atoms with Crippen LogP contribution in [0.15, 0.2) is 29.0 Å². The summed E-state index contributed by atoms with van der Waals surface area (Å²) in [5.74, 6) is 1.27. The van der Waals surface area contributed by atoms with Crippen LogP contribution in [0.2, 0.25) is 0 Å². The van der Waals surface area contributed by atoms with Crippen molar-refractivity contribution in [1.82, 2.24) is 9.38 Å². The Kier molecular flexibility index (Phi) is 2.63. The van der Waals surface area contributed by atoms with E-state index in [4.69, 9.17) is 0 Å². The molecular weight excluding hydrogens is 282 g/mol. The smallest absolute Gasteiger partial charge is 0.225 e. The Labute approximate surface area is 107 Å². The number of carbonyl (C=O) groups excluding carboxylic acids is 1. The van der Waals surface area contributed by atoms with Gasteiger partial charge in [-0.2, -0.15) is 0 Å². The molecule has 5 heteroatoms. The number of nitrogens with zero attached hydrogens (tertiary/aromatic N) is 2. The SMILES string of the molecule is O=C(CC1CC1)Nc1cn2c(Br)cccc2n1. The second-order valence-electron chi connectivity index (χ2n) is 4.40. The summed E-state index contributed by atoms with van der Waals surface area (Å²) in [4.78, 5) is 16.0. The third-order valence-electron chi connectivity index (χ3n) is 2.88. The molecule has 1 aliphatic carbocycles. The van der Waals surface area contributed by atoms with Gasteiger partial charge in [-0.1, -0.05) is 6.07 Å². The van der Waals surface area contributed by atoms with E-state index in [1.807, 2.05) is 28.8 Å². The topological polar surface area (TPSA) is 46.4 Å². The molecule has 88 valence electrons. The number of pyridine rings is 1. The van der Waals surface area contributed by atoms with Crippen molar-refractivity contribution in [3.8, 4) is 0 Å². The number of anilines is 1. The van der Waals surface area contributed by atoms with Crippen molar-refractivity contribution in [1.29, 1.82) is 0 Å². The normalized spacial score (nSPS) is 15.1. The predicted molar refractivity (Wildman–Crippen MR) is 68.9 cm³/mol. The van der Waals surface area contributed by atoms with Crippen LogP contribution >= 0.6 is 15.9 Å². The minimum absolute atomic E-state index is 0.0621.